The second-order valence-electron chi connectivity index (χ2n) is 5.84. The van der Waals surface area contributed by atoms with E-state index in [-0.39, 0.29) is 54.9 Å². The molecule has 0 spiro atoms. The van der Waals surface area contributed by atoms with Crippen LogP contribution in [0.4, 0.5) is 40.5 Å². The molecule has 2 N–H and O–H groups in total. The Labute approximate surface area is 209 Å². The minimum Gasteiger partial charge on any atom is -0.377 e. The quantitative estimate of drug-likeness (QED) is 0.161. The van der Waals surface area contributed by atoms with Crippen LogP contribution >= 0.6 is 12.1 Å². The molecule has 0 aliphatic carbocycles. The van der Waals surface area contributed by atoms with Crippen molar-refractivity contribution in [3.8, 4) is 0 Å². The molecule has 0 aromatic rings. The number of carbonyl (C=O) groups excluding carboxylic acids is 4. The van der Waals surface area contributed by atoms with E-state index in [0.29, 0.717) is 39.5 Å². The van der Waals surface area contributed by atoms with Crippen LogP contribution in [0.3, 0.4) is 0 Å². The van der Waals surface area contributed by atoms with Gasteiger partial charge in [-0.1, -0.05) is 0 Å². The molecule has 0 fully saturated rings. The van der Waals surface area contributed by atoms with Gasteiger partial charge >= 0.3 is 0 Å². The minimum absolute atomic E-state index is 0.0137. The lowest BCUT2D eigenvalue weighted by atomic mass is 10.3. The van der Waals surface area contributed by atoms with Crippen LogP contribution in [-0.2, 0) is 33.4 Å². The van der Waals surface area contributed by atoms with Crippen molar-refractivity contribution in [1.82, 2.24) is 15.5 Å². The number of methoxy groups -OCH3 is 1. The molecule has 0 saturated carbocycles. The standard InChI is InChI=1S/C17H26FN3O7S.4F2/c1-26-12-15(23)20-5-8-28-10-9-27-7-4-19-14(22)3-2-6-21-16(24)11-13(29-18)17(21)25;4*1-2/h11H,2-10,12H2,1H3,(H,19,22)(H,20,23);;;;. The van der Waals surface area contributed by atoms with Crippen LogP contribution in [0.15, 0.2) is 11.0 Å². The van der Waals surface area contributed by atoms with E-state index in [0.717, 1.165) is 11.0 Å². The highest BCUT2D eigenvalue weighted by atomic mass is 32.2. The van der Waals surface area contributed by atoms with Crippen LogP contribution in [0.1, 0.15) is 12.8 Å². The van der Waals surface area contributed by atoms with Gasteiger partial charge in [0, 0.05) is 75.8 Å². The largest absolute Gasteiger partial charge is 0.377 e. The highest BCUT2D eigenvalue weighted by molar-refractivity contribution is 7.99. The first kappa shape index (κ1) is 41.5. The summed E-state index contributed by atoms with van der Waals surface area (Å²) < 4.78 is 91.7. The molecule has 0 atom stereocenters. The minimum atomic E-state index is -0.670. The topological polar surface area (TPSA) is 123 Å². The van der Waals surface area contributed by atoms with E-state index in [9.17, 15) is 23.1 Å². The molecule has 10 nitrogen and oxygen atoms in total. The van der Waals surface area contributed by atoms with Crippen molar-refractivity contribution in [2.45, 2.75) is 12.8 Å². The molecule has 0 saturated heterocycles. The number of imide groups is 1. The number of rotatable bonds is 16. The zero-order chi connectivity index (χ0) is 29.5. The van der Waals surface area contributed by atoms with E-state index < -0.39 is 11.8 Å². The average molecular weight is 587 g/mol. The van der Waals surface area contributed by atoms with E-state index in [1.807, 2.05) is 0 Å². The summed E-state index contributed by atoms with van der Waals surface area (Å²) in [4.78, 5) is 46.7. The van der Waals surface area contributed by atoms with Crippen molar-refractivity contribution in [2.24, 2.45) is 0 Å². The smallest absolute Gasteiger partial charge is 0.269 e. The number of ether oxygens (including phenoxy) is 3. The van der Waals surface area contributed by atoms with Gasteiger partial charge in [-0.2, -0.15) is 3.89 Å². The molecule has 0 aromatic carbocycles. The highest BCUT2D eigenvalue weighted by Gasteiger charge is 2.31. The van der Waals surface area contributed by atoms with Gasteiger partial charge in [-0.05, 0) is 6.42 Å². The monoisotopic (exact) mass is 587 g/mol. The molecule has 4 amide bonds. The van der Waals surface area contributed by atoms with Crippen molar-refractivity contribution in [2.75, 3.05) is 59.8 Å². The fraction of sp³-hybridized carbons (Fsp3) is 0.647. The summed E-state index contributed by atoms with van der Waals surface area (Å²) in [6.07, 6.45) is 1.37. The van der Waals surface area contributed by atoms with E-state index >= 15 is 0 Å². The number of hydrogen-bond acceptors (Lipinski definition) is 8. The van der Waals surface area contributed by atoms with Gasteiger partial charge < -0.3 is 24.8 Å². The van der Waals surface area contributed by atoms with Crippen molar-refractivity contribution in [3.63, 3.8) is 0 Å². The maximum atomic E-state index is 12.5. The molecule has 0 aromatic heterocycles. The van der Waals surface area contributed by atoms with Crippen LogP contribution in [0.25, 0.3) is 0 Å². The zero-order valence-electron chi connectivity index (χ0n) is 19.3. The van der Waals surface area contributed by atoms with Crippen molar-refractivity contribution in [1.29, 1.82) is 0 Å². The zero-order valence-corrected chi connectivity index (χ0v) is 20.1. The molecule has 1 heterocycles. The van der Waals surface area contributed by atoms with E-state index in [1.165, 1.54) is 7.11 Å². The first-order chi connectivity index (χ1) is 18.0. The number of carbonyl (C=O) groups is 4. The molecular weight excluding hydrogens is 561 g/mol. The van der Waals surface area contributed by atoms with Gasteiger partial charge in [0.1, 0.15) is 11.5 Å². The SMILES string of the molecule is COCC(=O)NCCOCCOCCNC(=O)CCCN1C(=O)C=C(SF)C1=O.FF.FF.FF.FF. The molecular formula is C17H26F9N3O7S. The summed E-state index contributed by atoms with van der Waals surface area (Å²) in [6.45, 7) is 2.16. The van der Waals surface area contributed by atoms with Crippen molar-refractivity contribution in [3.05, 3.63) is 11.0 Å². The van der Waals surface area contributed by atoms with Gasteiger partial charge in [-0.25, -0.2) is 0 Å². The summed E-state index contributed by atoms with van der Waals surface area (Å²) in [5.41, 5.74) is 0. The summed E-state index contributed by atoms with van der Waals surface area (Å²) in [6, 6.07) is 0. The molecule has 1 aliphatic heterocycles. The number of nitrogens with zero attached hydrogens (tertiary/aromatic N) is 1. The lowest BCUT2D eigenvalue weighted by Gasteiger charge is -2.13. The molecule has 0 radical (unpaired) electrons. The van der Waals surface area contributed by atoms with Crippen LogP contribution in [0.2, 0.25) is 0 Å². The number of amides is 4. The Hall–Kier alpha value is -2.58. The summed E-state index contributed by atoms with van der Waals surface area (Å²) >= 11 is -0.261. The average Bonchev–Trinajstić information content (AvgIpc) is 3.22. The van der Waals surface area contributed by atoms with E-state index in [2.05, 4.69) is 15.4 Å². The summed E-state index contributed by atoms with van der Waals surface area (Å²) in [5.74, 6) is -1.68. The Morgan fingerprint density at radius 1 is 0.865 bits per heavy atom. The van der Waals surface area contributed by atoms with Gasteiger partial charge in [-0.15, -0.1) is 0 Å². The van der Waals surface area contributed by atoms with Crippen LogP contribution in [0, 0.1) is 0 Å². The Kier molecular flexibility index (Phi) is 37.5. The van der Waals surface area contributed by atoms with Gasteiger partial charge in [-0.3, -0.25) is 24.1 Å². The molecule has 1 rings (SSSR count). The third-order valence-electron chi connectivity index (χ3n) is 3.63. The van der Waals surface area contributed by atoms with Crippen LogP contribution in [0.5, 0.6) is 0 Å². The van der Waals surface area contributed by atoms with Crippen LogP contribution < -0.4 is 10.6 Å². The second kappa shape index (κ2) is 33.4. The van der Waals surface area contributed by atoms with E-state index in [4.69, 9.17) is 46.1 Å². The third-order valence-corrected chi connectivity index (χ3v) is 4.09. The molecule has 20 heteroatoms. The van der Waals surface area contributed by atoms with Crippen molar-refractivity contribution >= 4 is 35.8 Å². The van der Waals surface area contributed by atoms with Gasteiger partial charge in [0.25, 0.3) is 11.8 Å². The lowest BCUT2D eigenvalue weighted by Crippen LogP contribution is -2.33. The fourth-order valence-electron chi connectivity index (χ4n) is 2.27. The summed E-state index contributed by atoms with van der Waals surface area (Å²) in [5, 5.41) is 5.27. The van der Waals surface area contributed by atoms with Gasteiger partial charge in [0.15, 0.2) is 0 Å². The lowest BCUT2D eigenvalue weighted by molar-refractivity contribution is -0.137. The number of hydrogen-bond donors (Lipinski definition) is 2. The fourth-order valence-corrected chi connectivity index (χ4v) is 2.59. The first-order valence-electron chi connectivity index (χ1n) is 9.60. The Morgan fingerprint density at radius 3 is 1.78 bits per heavy atom. The Balaban J connectivity index is -0.000000617. The predicted octanol–water partition coefficient (Wildman–Crippen LogP) is 2.91. The highest BCUT2D eigenvalue weighted by Crippen LogP contribution is 2.24. The normalized spacial score (nSPS) is 11.3. The molecule has 0 bridgehead atoms. The molecule has 220 valence electrons. The molecule has 0 unspecified atom stereocenters. The number of nitrogens with one attached hydrogen (secondary N) is 2. The van der Waals surface area contributed by atoms with E-state index in [1.54, 1.807) is 0 Å². The molecule has 1 aliphatic rings. The summed E-state index contributed by atoms with van der Waals surface area (Å²) in [7, 11) is 1.44. The third kappa shape index (κ3) is 23.6. The van der Waals surface area contributed by atoms with Gasteiger partial charge in [0.2, 0.25) is 11.8 Å². The Morgan fingerprint density at radius 2 is 1.35 bits per heavy atom. The predicted molar refractivity (Wildman–Crippen MR) is 111 cm³/mol. The van der Waals surface area contributed by atoms with Crippen molar-refractivity contribution < 1.29 is 73.9 Å². The van der Waals surface area contributed by atoms with Crippen LogP contribution in [-0.4, -0.2) is 88.3 Å². The van der Waals surface area contributed by atoms with Gasteiger partial charge in [0.05, 0.1) is 38.6 Å². The molecule has 37 heavy (non-hydrogen) atoms. The Bertz CT molecular complexity index is 627. The number of halogens is 9. The second-order valence-corrected chi connectivity index (χ2v) is 6.44. The maximum Gasteiger partial charge on any atom is 0.269 e. The maximum absolute atomic E-state index is 12.5. The first-order valence-corrected chi connectivity index (χ1v) is 10.3.